The molecule has 4 rings (SSSR count). The van der Waals surface area contributed by atoms with Gasteiger partial charge in [-0.15, -0.1) is 0 Å². The van der Waals surface area contributed by atoms with Crippen molar-refractivity contribution in [1.82, 2.24) is 10.6 Å². The van der Waals surface area contributed by atoms with Crippen LogP contribution in [-0.2, 0) is 25.7 Å². The van der Waals surface area contributed by atoms with Crippen LogP contribution in [0.4, 0.5) is 4.79 Å². The smallest absolute Gasteiger partial charge is 0.407 e. The molecule has 8 heteroatoms. The minimum absolute atomic E-state index is 0.0786. The highest BCUT2D eigenvalue weighted by Gasteiger charge is 2.38. The van der Waals surface area contributed by atoms with Gasteiger partial charge in [-0.25, -0.2) is 9.59 Å². The highest BCUT2D eigenvalue weighted by molar-refractivity contribution is 5.91. The SMILES string of the molecule is CCC(C)(NC(=O)[C@H](NC(=O)OCC1c2ccccc2-c2ccccc21)[C@H](C)OCc1ccccc1)C(=O)O. The molecule has 0 spiro atoms. The van der Waals surface area contributed by atoms with Gasteiger partial charge in [0, 0.05) is 5.92 Å². The Morgan fingerprint density at radius 1 is 0.923 bits per heavy atom. The number of hydrogen-bond donors (Lipinski definition) is 3. The molecule has 0 saturated carbocycles. The van der Waals surface area contributed by atoms with E-state index < -0.39 is 35.7 Å². The Hall–Kier alpha value is -4.17. The Balaban J connectivity index is 1.47. The van der Waals surface area contributed by atoms with Crippen LogP contribution in [0.25, 0.3) is 11.1 Å². The first-order valence-corrected chi connectivity index (χ1v) is 13.1. The molecule has 2 amide bonds. The second-order valence-corrected chi connectivity index (χ2v) is 9.93. The maximum absolute atomic E-state index is 13.3. The van der Waals surface area contributed by atoms with Crippen LogP contribution in [0.3, 0.4) is 0 Å². The molecule has 0 saturated heterocycles. The first-order chi connectivity index (χ1) is 18.7. The summed E-state index contributed by atoms with van der Waals surface area (Å²) in [5, 5.41) is 14.8. The van der Waals surface area contributed by atoms with Crippen molar-refractivity contribution in [2.45, 2.75) is 57.4 Å². The molecule has 39 heavy (non-hydrogen) atoms. The van der Waals surface area contributed by atoms with Crippen LogP contribution in [0.15, 0.2) is 78.9 Å². The van der Waals surface area contributed by atoms with Gasteiger partial charge in [0.25, 0.3) is 0 Å². The van der Waals surface area contributed by atoms with E-state index in [4.69, 9.17) is 9.47 Å². The zero-order chi connectivity index (χ0) is 28.0. The van der Waals surface area contributed by atoms with E-state index in [1.807, 2.05) is 78.9 Å². The zero-order valence-electron chi connectivity index (χ0n) is 22.3. The molecule has 204 valence electrons. The number of fused-ring (bicyclic) bond motifs is 3. The number of hydrogen-bond acceptors (Lipinski definition) is 5. The first-order valence-electron chi connectivity index (χ1n) is 13.1. The summed E-state index contributed by atoms with van der Waals surface area (Å²) in [6, 6.07) is 24.2. The van der Waals surface area contributed by atoms with Gasteiger partial charge in [0.15, 0.2) is 0 Å². The number of carbonyl (C=O) groups is 3. The minimum Gasteiger partial charge on any atom is -0.480 e. The van der Waals surface area contributed by atoms with Crippen molar-refractivity contribution >= 4 is 18.0 Å². The number of alkyl carbamates (subject to hydrolysis) is 1. The third-order valence-corrected chi connectivity index (χ3v) is 7.30. The summed E-state index contributed by atoms with van der Waals surface area (Å²) in [7, 11) is 0. The van der Waals surface area contributed by atoms with E-state index in [0.717, 1.165) is 27.8 Å². The maximum atomic E-state index is 13.3. The highest BCUT2D eigenvalue weighted by Crippen LogP contribution is 2.44. The molecule has 3 atom stereocenters. The number of nitrogens with one attached hydrogen (secondary N) is 2. The van der Waals surface area contributed by atoms with E-state index >= 15 is 0 Å². The molecule has 1 aliphatic carbocycles. The third-order valence-electron chi connectivity index (χ3n) is 7.30. The van der Waals surface area contributed by atoms with Crippen molar-refractivity contribution in [3.05, 3.63) is 95.6 Å². The molecular weight excluding hydrogens is 496 g/mol. The molecule has 3 aromatic rings. The Bertz CT molecular complexity index is 1280. The lowest BCUT2D eigenvalue weighted by molar-refractivity contribution is -0.148. The lowest BCUT2D eigenvalue weighted by Crippen LogP contribution is -2.60. The Morgan fingerprint density at radius 2 is 1.49 bits per heavy atom. The number of carbonyl (C=O) groups excluding carboxylic acids is 2. The van der Waals surface area contributed by atoms with Crippen molar-refractivity contribution in [3.8, 4) is 11.1 Å². The molecule has 0 heterocycles. The van der Waals surface area contributed by atoms with Gasteiger partial charge in [-0.1, -0.05) is 85.8 Å². The summed E-state index contributed by atoms with van der Waals surface area (Å²) in [6.45, 7) is 5.03. The van der Waals surface area contributed by atoms with Crippen molar-refractivity contribution in [2.24, 2.45) is 0 Å². The topological polar surface area (TPSA) is 114 Å². The van der Waals surface area contributed by atoms with Crippen LogP contribution >= 0.6 is 0 Å². The van der Waals surface area contributed by atoms with E-state index in [2.05, 4.69) is 10.6 Å². The summed E-state index contributed by atoms with van der Waals surface area (Å²) in [5.41, 5.74) is 3.75. The fraction of sp³-hybridized carbons (Fsp3) is 0.323. The average Bonchev–Trinajstić information content (AvgIpc) is 3.27. The predicted molar refractivity (Wildman–Crippen MR) is 147 cm³/mol. The fourth-order valence-electron chi connectivity index (χ4n) is 4.70. The maximum Gasteiger partial charge on any atom is 0.407 e. The van der Waals surface area contributed by atoms with E-state index in [1.165, 1.54) is 6.92 Å². The van der Waals surface area contributed by atoms with Crippen LogP contribution in [0.1, 0.15) is 49.8 Å². The molecule has 0 radical (unpaired) electrons. The van der Waals surface area contributed by atoms with Gasteiger partial charge in [-0.3, -0.25) is 4.79 Å². The van der Waals surface area contributed by atoms with Crippen molar-refractivity contribution in [1.29, 1.82) is 0 Å². The van der Waals surface area contributed by atoms with Crippen LogP contribution in [0.5, 0.6) is 0 Å². The molecule has 0 aromatic heterocycles. The van der Waals surface area contributed by atoms with E-state index in [0.29, 0.717) is 0 Å². The third kappa shape index (κ3) is 6.29. The average molecular weight is 531 g/mol. The van der Waals surface area contributed by atoms with Crippen LogP contribution in [0, 0.1) is 0 Å². The quantitative estimate of drug-likeness (QED) is 0.326. The van der Waals surface area contributed by atoms with Gasteiger partial charge < -0.3 is 25.2 Å². The summed E-state index contributed by atoms with van der Waals surface area (Å²) < 4.78 is 11.5. The first kappa shape index (κ1) is 27.9. The molecule has 1 aliphatic rings. The molecule has 0 bridgehead atoms. The monoisotopic (exact) mass is 530 g/mol. The Kier molecular flexibility index (Phi) is 8.66. The molecule has 0 aliphatic heterocycles. The number of benzene rings is 3. The zero-order valence-corrected chi connectivity index (χ0v) is 22.3. The molecule has 0 fully saturated rings. The van der Waals surface area contributed by atoms with Gasteiger partial charge in [0.2, 0.25) is 5.91 Å². The van der Waals surface area contributed by atoms with E-state index in [9.17, 15) is 19.5 Å². The number of ether oxygens (including phenoxy) is 2. The summed E-state index contributed by atoms with van der Waals surface area (Å²) >= 11 is 0. The standard InChI is InChI=1S/C31H34N2O6/c1-4-31(3,29(35)36)33-28(34)27(20(2)38-18-21-12-6-5-7-13-21)32-30(37)39-19-26-24-16-10-8-14-22(24)23-15-9-11-17-25(23)26/h5-17,20,26-27H,4,18-19H2,1-3H3,(H,32,37)(H,33,34)(H,35,36)/t20-,27+,31?/m0/s1. The van der Waals surface area contributed by atoms with Gasteiger partial charge in [0.1, 0.15) is 18.2 Å². The molecular formula is C31H34N2O6. The van der Waals surface area contributed by atoms with Crippen LogP contribution in [-0.4, -0.2) is 47.4 Å². The molecule has 1 unspecified atom stereocenters. The van der Waals surface area contributed by atoms with E-state index in [1.54, 1.807) is 13.8 Å². The Labute approximate surface area is 228 Å². The second-order valence-electron chi connectivity index (χ2n) is 9.93. The number of amides is 2. The minimum atomic E-state index is -1.50. The lowest BCUT2D eigenvalue weighted by atomic mass is 9.98. The summed E-state index contributed by atoms with van der Waals surface area (Å²) in [6.07, 6.45) is -1.41. The van der Waals surface area contributed by atoms with Gasteiger partial charge in [-0.05, 0) is 48.1 Å². The molecule has 3 aromatic carbocycles. The largest absolute Gasteiger partial charge is 0.480 e. The van der Waals surface area contributed by atoms with Gasteiger partial charge in [0.05, 0.1) is 12.7 Å². The number of carboxylic acid groups (broad SMARTS) is 1. The van der Waals surface area contributed by atoms with Gasteiger partial charge >= 0.3 is 12.1 Å². The van der Waals surface area contributed by atoms with Gasteiger partial charge in [-0.2, -0.15) is 0 Å². The summed E-state index contributed by atoms with van der Waals surface area (Å²) in [5.74, 6) is -1.98. The second kappa shape index (κ2) is 12.1. The normalized spacial score (nSPS) is 15.3. The van der Waals surface area contributed by atoms with Crippen molar-refractivity contribution < 1.29 is 29.0 Å². The molecule has 3 N–H and O–H groups in total. The highest BCUT2D eigenvalue weighted by atomic mass is 16.5. The predicted octanol–water partition coefficient (Wildman–Crippen LogP) is 4.87. The number of rotatable bonds is 11. The van der Waals surface area contributed by atoms with Crippen LogP contribution < -0.4 is 10.6 Å². The van der Waals surface area contributed by atoms with E-state index in [-0.39, 0.29) is 25.6 Å². The summed E-state index contributed by atoms with van der Waals surface area (Å²) in [4.78, 5) is 38.1. The van der Waals surface area contributed by atoms with Crippen LogP contribution in [0.2, 0.25) is 0 Å². The molecule has 8 nitrogen and oxygen atoms in total. The van der Waals surface area contributed by atoms with Crippen molar-refractivity contribution in [3.63, 3.8) is 0 Å². The Morgan fingerprint density at radius 3 is 2.05 bits per heavy atom. The van der Waals surface area contributed by atoms with Crippen molar-refractivity contribution in [2.75, 3.05) is 6.61 Å². The number of carboxylic acids is 1. The number of aliphatic carboxylic acids is 1. The fourth-order valence-corrected chi connectivity index (χ4v) is 4.70. The lowest BCUT2D eigenvalue weighted by Gasteiger charge is -2.30.